The second-order valence-electron chi connectivity index (χ2n) is 9.96. The van der Waals surface area contributed by atoms with Gasteiger partial charge in [0, 0.05) is 18.6 Å². The number of esters is 1. The molecule has 5 fully saturated rings. The van der Waals surface area contributed by atoms with Crippen molar-refractivity contribution in [1.29, 1.82) is 0 Å². The maximum Gasteiger partial charge on any atom is 0.338 e. The summed E-state index contributed by atoms with van der Waals surface area (Å²) in [6.45, 7) is 0.659. The van der Waals surface area contributed by atoms with Gasteiger partial charge in [0.05, 0.1) is 10.5 Å². The fourth-order valence-electron chi connectivity index (χ4n) is 6.67. The minimum absolute atomic E-state index is 0.0851. The minimum atomic E-state index is -3.61. The van der Waals surface area contributed by atoms with E-state index in [1.165, 1.54) is 47.8 Å². The van der Waals surface area contributed by atoms with Crippen LogP contribution in [0.2, 0.25) is 0 Å². The van der Waals surface area contributed by atoms with E-state index in [-0.39, 0.29) is 28.5 Å². The number of nitrogens with zero attached hydrogens (tertiary/aromatic N) is 1. The van der Waals surface area contributed by atoms with Gasteiger partial charge in [-0.25, -0.2) is 13.2 Å². The SMILES string of the molecule is O=C(COC(=O)c1cccc(S(=O)(=O)N2CCCC2)c1)NC12CC3CC(CC(C3)C1)C2. The van der Waals surface area contributed by atoms with Crippen LogP contribution in [0.3, 0.4) is 0 Å². The summed E-state index contributed by atoms with van der Waals surface area (Å²) in [7, 11) is -3.61. The Kier molecular flexibility index (Phi) is 5.33. The second kappa shape index (κ2) is 7.89. The Morgan fingerprint density at radius 1 is 1.03 bits per heavy atom. The van der Waals surface area contributed by atoms with Crippen LogP contribution in [0, 0.1) is 17.8 Å². The van der Waals surface area contributed by atoms with Crippen molar-refractivity contribution < 1.29 is 22.7 Å². The number of carbonyl (C=O) groups is 2. The van der Waals surface area contributed by atoms with Gasteiger partial charge < -0.3 is 10.1 Å². The maximum atomic E-state index is 12.7. The standard InChI is InChI=1S/C23H30N2O5S/c26-21(24-23-12-16-8-17(13-23)10-18(9-16)14-23)15-30-22(27)19-4-3-5-20(11-19)31(28,29)25-6-1-2-7-25/h3-5,11,16-18H,1-2,6-10,12-15H2,(H,24,26). The Labute approximate surface area is 183 Å². The molecule has 1 aromatic rings. The molecular weight excluding hydrogens is 416 g/mol. The zero-order valence-electron chi connectivity index (χ0n) is 17.7. The van der Waals surface area contributed by atoms with Crippen LogP contribution in [0.25, 0.3) is 0 Å². The fourth-order valence-corrected chi connectivity index (χ4v) is 8.23. The van der Waals surface area contributed by atoms with Crippen molar-refractivity contribution in [2.24, 2.45) is 17.8 Å². The van der Waals surface area contributed by atoms with E-state index in [4.69, 9.17) is 4.74 Å². The third-order valence-corrected chi connectivity index (χ3v) is 9.44. The zero-order chi connectivity index (χ0) is 21.6. The topological polar surface area (TPSA) is 92.8 Å². The summed E-state index contributed by atoms with van der Waals surface area (Å²) in [5, 5.41) is 3.19. The molecule has 4 saturated carbocycles. The highest BCUT2D eigenvalue weighted by Gasteiger charge is 2.51. The van der Waals surface area contributed by atoms with E-state index in [9.17, 15) is 18.0 Å². The smallest absolute Gasteiger partial charge is 0.338 e. The van der Waals surface area contributed by atoms with E-state index in [1.807, 2.05) is 0 Å². The van der Waals surface area contributed by atoms with E-state index < -0.39 is 16.0 Å². The maximum absolute atomic E-state index is 12.7. The molecule has 1 aromatic carbocycles. The van der Waals surface area contributed by atoms with E-state index in [2.05, 4.69) is 5.32 Å². The number of rotatable bonds is 6. The molecule has 1 saturated heterocycles. The molecule has 1 aliphatic heterocycles. The summed E-state index contributed by atoms with van der Waals surface area (Å²) in [6, 6.07) is 5.88. The zero-order valence-corrected chi connectivity index (χ0v) is 18.5. The van der Waals surface area contributed by atoms with Crippen LogP contribution in [-0.4, -0.2) is 49.8 Å². The Bertz CT molecular complexity index is 948. The summed E-state index contributed by atoms with van der Waals surface area (Å²) < 4.78 is 32.2. The monoisotopic (exact) mass is 446 g/mol. The molecule has 4 aliphatic carbocycles. The number of sulfonamides is 1. The summed E-state index contributed by atoms with van der Waals surface area (Å²) in [6.07, 6.45) is 8.68. The summed E-state index contributed by atoms with van der Waals surface area (Å²) in [4.78, 5) is 25.2. The van der Waals surface area contributed by atoms with Crippen molar-refractivity contribution >= 4 is 21.9 Å². The van der Waals surface area contributed by atoms with Crippen LogP contribution < -0.4 is 5.32 Å². The van der Waals surface area contributed by atoms with Crippen molar-refractivity contribution in [2.45, 2.75) is 61.8 Å². The molecule has 5 aliphatic rings. The van der Waals surface area contributed by atoms with Crippen LogP contribution in [0.5, 0.6) is 0 Å². The van der Waals surface area contributed by atoms with Crippen molar-refractivity contribution in [3.8, 4) is 0 Å². The predicted molar refractivity (Wildman–Crippen MR) is 114 cm³/mol. The molecule has 168 valence electrons. The van der Waals surface area contributed by atoms with Gasteiger partial charge in [0.25, 0.3) is 5.91 Å². The van der Waals surface area contributed by atoms with Gasteiger partial charge in [-0.3, -0.25) is 4.79 Å². The van der Waals surface area contributed by atoms with E-state index in [0.29, 0.717) is 13.1 Å². The highest BCUT2D eigenvalue weighted by Crippen LogP contribution is 2.55. The Balaban J connectivity index is 1.20. The first kappa shape index (κ1) is 20.9. The fraction of sp³-hybridized carbons (Fsp3) is 0.652. The van der Waals surface area contributed by atoms with Crippen molar-refractivity contribution in [3.05, 3.63) is 29.8 Å². The molecule has 1 N–H and O–H groups in total. The molecule has 0 radical (unpaired) electrons. The molecular formula is C23H30N2O5S. The van der Waals surface area contributed by atoms with Crippen molar-refractivity contribution in [2.75, 3.05) is 19.7 Å². The van der Waals surface area contributed by atoms with E-state index in [1.54, 1.807) is 0 Å². The van der Waals surface area contributed by atoms with Gasteiger partial charge in [0.15, 0.2) is 6.61 Å². The Morgan fingerprint density at radius 2 is 1.65 bits per heavy atom. The molecule has 31 heavy (non-hydrogen) atoms. The predicted octanol–water partition coefficient (Wildman–Crippen LogP) is 2.71. The van der Waals surface area contributed by atoms with Crippen LogP contribution in [0.15, 0.2) is 29.2 Å². The molecule has 6 rings (SSSR count). The first-order valence-electron chi connectivity index (χ1n) is 11.4. The van der Waals surface area contributed by atoms with Crippen LogP contribution in [-0.2, 0) is 19.6 Å². The lowest BCUT2D eigenvalue weighted by atomic mass is 9.53. The molecule has 0 spiro atoms. The highest BCUT2D eigenvalue weighted by atomic mass is 32.2. The third kappa shape index (κ3) is 4.12. The third-order valence-electron chi connectivity index (χ3n) is 7.55. The largest absolute Gasteiger partial charge is 0.452 e. The lowest BCUT2D eigenvalue weighted by Crippen LogP contribution is -2.60. The van der Waals surface area contributed by atoms with Gasteiger partial charge >= 0.3 is 5.97 Å². The normalized spacial score (nSPS) is 32.2. The van der Waals surface area contributed by atoms with Crippen LogP contribution in [0.1, 0.15) is 61.7 Å². The van der Waals surface area contributed by atoms with Crippen molar-refractivity contribution in [3.63, 3.8) is 0 Å². The first-order chi connectivity index (χ1) is 14.8. The van der Waals surface area contributed by atoms with Gasteiger partial charge in [-0.05, 0) is 87.3 Å². The second-order valence-corrected chi connectivity index (χ2v) is 11.9. The highest BCUT2D eigenvalue weighted by molar-refractivity contribution is 7.89. The summed E-state index contributed by atoms with van der Waals surface area (Å²) >= 11 is 0. The number of hydrogen-bond acceptors (Lipinski definition) is 5. The summed E-state index contributed by atoms with van der Waals surface area (Å²) in [5.41, 5.74) is 0.0185. The number of carbonyl (C=O) groups excluding carboxylic acids is 2. The van der Waals surface area contributed by atoms with E-state index >= 15 is 0 Å². The molecule has 1 heterocycles. The molecule has 4 bridgehead atoms. The summed E-state index contributed by atoms with van der Waals surface area (Å²) in [5.74, 6) is 1.20. The Hall–Kier alpha value is -1.93. The molecule has 0 atom stereocenters. The number of amides is 1. The average molecular weight is 447 g/mol. The van der Waals surface area contributed by atoms with Gasteiger partial charge in [-0.1, -0.05) is 6.07 Å². The first-order valence-corrected chi connectivity index (χ1v) is 12.9. The minimum Gasteiger partial charge on any atom is -0.452 e. The quantitative estimate of drug-likeness (QED) is 0.679. The molecule has 0 aromatic heterocycles. The van der Waals surface area contributed by atoms with E-state index in [0.717, 1.165) is 49.9 Å². The van der Waals surface area contributed by atoms with Crippen molar-refractivity contribution in [1.82, 2.24) is 9.62 Å². The molecule has 7 nitrogen and oxygen atoms in total. The number of ether oxygens (including phenoxy) is 1. The van der Waals surface area contributed by atoms with Crippen LogP contribution >= 0.6 is 0 Å². The number of hydrogen-bond donors (Lipinski definition) is 1. The van der Waals surface area contributed by atoms with Gasteiger partial charge in [0.1, 0.15) is 0 Å². The van der Waals surface area contributed by atoms with Gasteiger partial charge in [-0.15, -0.1) is 0 Å². The average Bonchev–Trinajstić information content (AvgIpc) is 3.26. The lowest BCUT2D eigenvalue weighted by molar-refractivity contribution is -0.130. The van der Waals surface area contributed by atoms with Gasteiger partial charge in [0.2, 0.25) is 10.0 Å². The lowest BCUT2D eigenvalue weighted by Gasteiger charge is -2.56. The van der Waals surface area contributed by atoms with Gasteiger partial charge in [-0.2, -0.15) is 4.31 Å². The molecule has 8 heteroatoms. The van der Waals surface area contributed by atoms with Crippen LogP contribution in [0.4, 0.5) is 0 Å². The molecule has 1 amide bonds. The number of benzene rings is 1. The Morgan fingerprint density at radius 3 is 2.26 bits per heavy atom. The number of nitrogens with one attached hydrogen (secondary N) is 1. The molecule has 0 unspecified atom stereocenters.